The summed E-state index contributed by atoms with van der Waals surface area (Å²) in [5.74, 6) is -0.295. The van der Waals surface area contributed by atoms with Crippen LogP contribution in [0.3, 0.4) is 0 Å². The monoisotopic (exact) mass is 290 g/mol. The van der Waals surface area contributed by atoms with Crippen LogP contribution in [-0.2, 0) is 0 Å². The van der Waals surface area contributed by atoms with E-state index in [9.17, 15) is 9.18 Å². The molecule has 0 unspecified atom stereocenters. The predicted octanol–water partition coefficient (Wildman–Crippen LogP) is 3.88. The molecule has 22 heavy (non-hydrogen) atoms. The first-order chi connectivity index (χ1) is 10.7. The summed E-state index contributed by atoms with van der Waals surface area (Å²) >= 11 is 0. The molecule has 3 nitrogen and oxygen atoms in total. The second kappa shape index (κ2) is 4.77. The number of nitrogens with one attached hydrogen (secondary N) is 1. The molecule has 4 aromatic rings. The quantitative estimate of drug-likeness (QED) is 0.541. The highest BCUT2D eigenvalue weighted by molar-refractivity contribution is 6.11. The maximum Gasteiger partial charge on any atom is 0.257 e. The summed E-state index contributed by atoms with van der Waals surface area (Å²) in [4.78, 5) is 19.2. The number of H-pyrrole nitrogens is 1. The van der Waals surface area contributed by atoms with Crippen molar-refractivity contribution in [3.63, 3.8) is 0 Å². The van der Waals surface area contributed by atoms with E-state index in [4.69, 9.17) is 0 Å². The van der Waals surface area contributed by atoms with Gasteiger partial charge in [0, 0.05) is 17.0 Å². The van der Waals surface area contributed by atoms with Gasteiger partial charge in [-0.15, -0.1) is 0 Å². The first-order valence-electron chi connectivity index (χ1n) is 6.90. The van der Waals surface area contributed by atoms with Gasteiger partial charge in [0.1, 0.15) is 11.5 Å². The van der Waals surface area contributed by atoms with Crippen molar-refractivity contribution < 1.29 is 4.39 Å². The fourth-order valence-corrected chi connectivity index (χ4v) is 2.80. The van der Waals surface area contributed by atoms with Gasteiger partial charge in [0.25, 0.3) is 5.56 Å². The summed E-state index contributed by atoms with van der Waals surface area (Å²) in [7, 11) is 0. The number of fused-ring (bicyclic) bond motifs is 3. The first kappa shape index (κ1) is 12.7. The number of aromatic nitrogens is 2. The molecule has 0 spiro atoms. The number of halogens is 1. The van der Waals surface area contributed by atoms with Crippen LogP contribution in [-0.4, -0.2) is 9.97 Å². The molecule has 0 saturated carbocycles. The highest BCUT2D eigenvalue weighted by atomic mass is 19.1. The second-order valence-corrected chi connectivity index (χ2v) is 5.09. The average molecular weight is 290 g/mol. The molecule has 0 amide bonds. The zero-order chi connectivity index (χ0) is 15.1. The third kappa shape index (κ3) is 1.89. The van der Waals surface area contributed by atoms with Gasteiger partial charge in [-0.25, -0.2) is 9.37 Å². The molecule has 0 saturated heterocycles. The zero-order valence-electron chi connectivity index (χ0n) is 11.5. The average Bonchev–Trinajstić information content (AvgIpc) is 2.54. The minimum Gasteiger partial charge on any atom is -0.306 e. The Balaban J connectivity index is 2.21. The van der Waals surface area contributed by atoms with E-state index in [1.165, 1.54) is 12.1 Å². The first-order valence-corrected chi connectivity index (χ1v) is 6.90. The van der Waals surface area contributed by atoms with Crippen LogP contribution in [0.25, 0.3) is 32.9 Å². The summed E-state index contributed by atoms with van der Waals surface area (Å²) < 4.78 is 13.6. The summed E-state index contributed by atoms with van der Waals surface area (Å²) in [6, 6.07) is 15.6. The Labute approximate surface area is 125 Å². The van der Waals surface area contributed by atoms with Crippen LogP contribution in [0.4, 0.5) is 4.39 Å². The van der Waals surface area contributed by atoms with E-state index in [-0.39, 0.29) is 11.4 Å². The van der Waals surface area contributed by atoms with Crippen molar-refractivity contribution in [1.82, 2.24) is 9.97 Å². The topological polar surface area (TPSA) is 45.8 Å². The molecule has 0 atom stereocenters. The van der Waals surface area contributed by atoms with Gasteiger partial charge in [-0.3, -0.25) is 4.79 Å². The molecule has 0 aliphatic rings. The molecule has 0 aliphatic heterocycles. The van der Waals surface area contributed by atoms with E-state index in [0.29, 0.717) is 11.0 Å². The lowest BCUT2D eigenvalue weighted by Gasteiger charge is -2.09. The zero-order valence-corrected chi connectivity index (χ0v) is 11.5. The Morgan fingerprint density at radius 1 is 0.955 bits per heavy atom. The lowest BCUT2D eigenvalue weighted by Crippen LogP contribution is -2.07. The Bertz CT molecular complexity index is 1070. The van der Waals surface area contributed by atoms with E-state index in [1.54, 1.807) is 18.3 Å². The number of hydrogen-bond acceptors (Lipinski definition) is 2. The fourth-order valence-electron chi connectivity index (χ4n) is 2.80. The van der Waals surface area contributed by atoms with Gasteiger partial charge in [0.15, 0.2) is 0 Å². The van der Waals surface area contributed by atoms with Gasteiger partial charge >= 0.3 is 0 Å². The van der Waals surface area contributed by atoms with Crippen molar-refractivity contribution in [2.24, 2.45) is 0 Å². The van der Waals surface area contributed by atoms with Gasteiger partial charge in [0.2, 0.25) is 0 Å². The van der Waals surface area contributed by atoms with Crippen molar-refractivity contribution in [3.8, 4) is 11.1 Å². The second-order valence-electron chi connectivity index (χ2n) is 5.09. The number of hydrogen-bond donors (Lipinski definition) is 1. The van der Waals surface area contributed by atoms with E-state index >= 15 is 0 Å². The predicted molar refractivity (Wildman–Crippen MR) is 85.3 cm³/mol. The third-order valence-corrected chi connectivity index (χ3v) is 3.76. The maximum atomic E-state index is 13.6. The van der Waals surface area contributed by atoms with E-state index in [2.05, 4.69) is 9.97 Å². The summed E-state index contributed by atoms with van der Waals surface area (Å²) in [5, 5.41) is 2.23. The van der Waals surface area contributed by atoms with Crippen molar-refractivity contribution in [3.05, 3.63) is 77.0 Å². The molecule has 2 aromatic carbocycles. The Morgan fingerprint density at radius 3 is 2.59 bits per heavy atom. The van der Waals surface area contributed by atoms with E-state index in [0.717, 1.165) is 21.9 Å². The highest BCUT2D eigenvalue weighted by Gasteiger charge is 2.11. The van der Waals surface area contributed by atoms with E-state index < -0.39 is 0 Å². The van der Waals surface area contributed by atoms with Gasteiger partial charge in [-0.2, -0.15) is 0 Å². The minimum atomic E-state index is -0.295. The molecule has 4 heteroatoms. The number of rotatable bonds is 1. The summed E-state index contributed by atoms with van der Waals surface area (Å²) in [6.07, 6.45) is 1.62. The number of nitrogens with zero attached hydrogens (tertiary/aromatic N) is 1. The molecule has 0 fully saturated rings. The molecule has 2 aromatic heterocycles. The van der Waals surface area contributed by atoms with Crippen LogP contribution in [0.2, 0.25) is 0 Å². The van der Waals surface area contributed by atoms with Crippen molar-refractivity contribution in [1.29, 1.82) is 0 Å². The smallest absolute Gasteiger partial charge is 0.257 e. The van der Waals surface area contributed by atoms with Gasteiger partial charge < -0.3 is 4.98 Å². The Hall–Kier alpha value is -3.01. The molecular weight excluding hydrogens is 279 g/mol. The molecule has 0 aliphatic carbocycles. The van der Waals surface area contributed by atoms with Gasteiger partial charge in [-0.1, -0.05) is 30.3 Å². The van der Waals surface area contributed by atoms with Crippen molar-refractivity contribution in [2.75, 3.05) is 0 Å². The Morgan fingerprint density at radius 2 is 1.77 bits per heavy atom. The van der Waals surface area contributed by atoms with Crippen LogP contribution in [0.15, 0.2) is 65.6 Å². The van der Waals surface area contributed by atoms with Crippen molar-refractivity contribution >= 4 is 21.8 Å². The lowest BCUT2D eigenvalue weighted by molar-refractivity contribution is 0.628. The molecular formula is C18H11FN2O. The molecule has 1 N–H and O–H groups in total. The van der Waals surface area contributed by atoms with Crippen LogP contribution >= 0.6 is 0 Å². The van der Waals surface area contributed by atoms with Crippen molar-refractivity contribution in [2.45, 2.75) is 0 Å². The maximum absolute atomic E-state index is 13.6. The third-order valence-electron chi connectivity index (χ3n) is 3.76. The molecule has 4 rings (SSSR count). The highest BCUT2D eigenvalue weighted by Crippen LogP contribution is 2.31. The van der Waals surface area contributed by atoms with Crippen LogP contribution < -0.4 is 5.56 Å². The SMILES string of the molecule is O=c1[nH]c2nccc(-c3cccc(F)c3)c2c2ccccc12. The molecule has 0 bridgehead atoms. The van der Waals surface area contributed by atoms with Crippen LogP contribution in [0, 0.1) is 5.82 Å². The largest absolute Gasteiger partial charge is 0.306 e. The minimum absolute atomic E-state index is 0.174. The normalized spacial score (nSPS) is 11.1. The standard InChI is InChI=1S/C18H11FN2O/c19-12-5-3-4-11(10-12)13-8-9-20-17-16(13)14-6-1-2-7-15(14)18(22)21-17/h1-10H,(H,20,21,22). The van der Waals surface area contributed by atoms with Crippen LogP contribution in [0.5, 0.6) is 0 Å². The summed E-state index contributed by atoms with van der Waals surface area (Å²) in [6.45, 7) is 0. The molecule has 106 valence electrons. The number of benzene rings is 2. The number of pyridine rings is 2. The Kier molecular flexibility index (Phi) is 2.76. The van der Waals surface area contributed by atoms with E-state index in [1.807, 2.05) is 30.3 Å². The molecule has 2 heterocycles. The summed E-state index contributed by atoms with van der Waals surface area (Å²) in [5.41, 5.74) is 1.93. The number of aromatic amines is 1. The molecule has 0 radical (unpaired) electrons. The fraction of sp³-hybridized carbons (Fsp3) is 0. The van der Waals surface area contributed by atoms with Gasteiger partial charge in [-0.05, 0) is 40.8 Å². The van der Waals surface area contributed by atoms with Gasteiger partial charge in [0.05, 0.1) is 0 Å². The lowest BCUT2D eigenvalue weighted by atomic mass is 9.99. The van der Waals surface area contributed by atoms with Crippen LogP contribution in [0.1, 0.15) is 0 Å².